The number of benzene rings is 1. The molecule has 15 heavy (non-hydrogen) atoms. The topological polar surface area (TPSA) is 71.4 Å². The molecule has 0 aliphatic heterocycles. The van der Waals surface area contributed by atoms with E-state index in [4.69, 9.17) is 27.4 Å². The lowest BCUT2D eigenvalue weighted by Gasteiger charge is -2.08. The largest absolute Gasteiger partial charge is 0.198 e. The van der Waals surface area contributed by atoms with E-state index in [1.165, 1.54) is 0 Å². The molecule has 0 heterocycles. The molecule has 72 valence electrons. The van der Waals surface area contributed by atoms with Gasteiger partial charge in [-0.3, -0.25) is 0 Å². The average molecular weight is 216 g/mol. The van der Waals surface area contributed by atoms with E-state index in [1.54, 1.807) is 36.4 Å². The Morgan fingerprint density at radius 1 is 0.933 bits per heavy atom. The third kappa shape index (κ3) is 2.47. The average Bonchev–Trinajstić information content (AvgIpc) is 2.27. The highest BCUT2D eigenvalue weighted by molar-refractivity contribution is 6.30. The molecule has 1 unspecified atom stereocenters. The second-order valence-electron chi connectivity index (χ2n) is 2.89. The first kappa shape index (κ1) is 11.1. The van der Waals surface area contributed by atoms with Crippen molar-refractivity contribution in [2.45, 2.75) is 5.92 Å². The molecule has 1 aromatic carbocycles. The molecular weight excluding hydrogens is 210 g/mol. The van der Waals surface area contributed by atoms with Crippen molar-refractivity contribution in [3.8, 4) is 18.2 Å². The molecule has 0 radical (unpaired) electrons. The Kier molecular flexibility index (Phi) is 3.69. The van der Waals surface area contributed by atoms with E-state index in [1.807, 2.05) is 6.07 Å². The zero-order valence-corrected chi connectivity index (χ0v) is 8.44. The van der Waals surface area contributed by atoms with Gasteiger partial charge in [-0.1, -0.05) is 23.7 Å². The molecule has 1 aromatic rings. The summed E-state index contributed by atoms with van der Waals surface area (Å²) in [5.41, 5.74) is 0.634. The van der Waals surface area contributed by atoms with Gasteiger partial charge in [-0.15, -0.1) is 0 Å². The van der Waals surface area contributed by atoms with Crippen molar-refractivity contribution in [2.75, 3.05) is 0 Å². The molecule has 0 spiro atoms. The maximum atomic E-state index is 8.90. The number of halogens is 1. The van der Waals surface area contributed by atoms with Gasteiger partial charge in [0.05, 0.1) is 18.2 Å². The summed E-state index contributed by atoms with van der Waals surface area (Å²) in [5, 5.41) is 26.8. The van der Waals surface area contributed by atoms with Crippen LogP contribution in [-0.4, -0.2) is 0 Å². The fraction of sp³-hybridized carbons (Fsp3) is 0.182. The van der Waals surface area contributed by atoms with Crippen molar-refractivity contribution in [2.24, 2.45) is 5.92 Å². The molecule has 1 atom stereocenters. The molecule has 0 aliphatic carbocycles. The first-order valence-corrected chi connectivity index (χ1v) is 4.55. The SMILES string of the molecule is N#CC(C#N)C(C#N)c1ccc(Cl)cc1. The van der Waals surface area contributed by atoms with Crippen molar-refractivity contribution in [3.63, 3.8) is 0 Å². The lowest BCUT2D eigenvalue weighted by molar-refractivity contribution is 0.745. The minimum atomic E-state index is -0.948. The highest BCUT2D eigenvalue weighted by atomic mass is 35.5. The minimum Gasteiger partial charge on any atom is -0.198 e. The fourth-order valence-corrected chi connectivity index (χ4v) is 1.32. The smallest absolute Gasteiger partial charge is 0.153 e. The maximum absolute atomic E-state index is 8.90. The number of hydrogen-bond acceptors (Lipinski definition) is 3. The Balaban J connectivity index is 3.06. The Labute approximate surface area is 92.7 Å². The maximum Gasteiger partial charge on any atom is 0.153 e. The van der Waals surface area contributed by atoms with Gasteiger partial charge < -0.3 is 0 Å². The van der Waals surface area contributed by atoms with Gasteiger partial charge in [0.15, 0.2) is 5.92 Å². The molecular formula is C11H6ClN3. The number of rotatable bonds is 2. The van der Waals surface area contributed by atoms with Gasteiger partial charge >= 0.3 is 0 Å². The van der Waals surface area contributed by atoms with Gasteiger partial charge in [0.25, 0.3) is 0 Å². The molecule has 0 saturated carbocycles. The van der Waals surface area contributed by atoms with Crippen molar-refractivity contribution in [1.82, 2.24) is 0 Å². The van der Waals surface area contributed by atoms with E-state index in [0.717, 1.165) is 0 Å². The van der Waals surface area contributed by atoms with Crippen LogP contribution in [0.4, 0.5) is 0 Å². The zero-order chi connectivity index (χ0) is 11.3. The number of hydrogen-bond donors (Lipinski definition) is 0. The third-order valence-corrected chi connectivity index (χ3v) is 2.23. The first-order chi connectivity index (χ1) is 7.22. The predicted octanol–water partition coefficient (Wildman–Crippen LogP) is 2.61. The van der Waals surface area contributed by atoms with Crippen LogP contribution in [0.1, 0.15) is 11.5 Å². The van der Waals surface area contributed by atoms with E-state index < -0.39 is 11.8 Å². The summed E-state index contributed by atoms with van der Waals surface area (Å²) in [4.78, 5) is 0. The van der Waals surface area contributed by atoms with Crippen molar-refractivity contribution >= 4 is 11.6 Å². The van der Waals surface area contributed by atoms with Crippen LogP contribution in [0.2, 0.25) is 5.02 Å². The van der Waals surface area contributed by atoms with Gasteiger partial charge in [0.1, 0.15) is 5.92 Å². The molecule has 3 nitrogen and oxygen atoms in total. The first-order valence-electron chi connectivity index (χ1n) is 4.17. The van der Waals surface area contributed by atoms with E-state index in [0.29, 0.717) is 10.6 Å². The number of nitrogens with zero attached hydrogens (tertiary/aromatic N) is 3. The van der Waals surface area contributed by atoms with Gasteiger partial charge in [-0.2, -0.15) is 15.8 Å². The summed E-state index contributed by atoms with van der Waals surface area (Å²) < 4.78 is 0. The van der Waals surface area contributed by atoms with Crippen molar-refractivity contribution < 1.29 is 0 Å². The van der Waals surface area contributed by atoms with Gasteiger partial charge in [0.2, 0.25) is 0 Å². The Morgan fingerprint density at radius 2 is 1.47 bits per heavy atom. The number of nitriles is 3. The highest BCUT2D eigenvalue weighted by Crippen LogP contribution is 2.24. The minimum absolute atomic E-state index is 0.556. The lowest BCUT2D eigenvalue weighted by atomic mass is 9.89. The summed E-state index contributed by atoms with van der Waals surface area (Å²) in [5.74, 6) is -1.67. The molecule has 4 heteroatoms. The normalized spacial score (nSPS) is 11.1. The van der Waals surface area contributed by atoms with Crippen LogP contribution in [0.25, 0.3) is 0 Å². The monoisotopic (exact) mass is 215 g/mol. The van der Waals surface area contributed by atoms with E-state index in [2.05, 4.69) is 0 Å². The van der Waals surface area contributed by atoms with Crippen LogP contribution >= 0.6 is 11.6 Å². The van der Waals surface area contributed by atoms with Crippen LogP contribution in [0.3, 0.4) is 0 Å². The van der Waals surface area contributed by atoms with E-state index in [-0.39, 0.29) is 0 Å². The molecule has 0 bridgehead atoms. The third-order valence-electron chi connectivity index (χ3n) is 1.98. The van der Waals surface area contributed by atoms with Crippen LogP contribution in [0.5, 0.6) is 0 Å². The molecule has 0 aliphatic rings. The molecule has 0 amide bonds. The van der Waals surface area contributed by atoms with Crippen molar-refractivity contribution in [3.05, 3.63) is 34.9 Å². The van der Waals surface area contributed by atoms with E-state index >= 15 is 0 Å². The summed E-state index contributed by atoms with van der Waals surface area (Å²) in [6, 6.07) is 12.1. The van der Waals surface area contributed by atoms with Gasteiger partial charge in [-0.05, 0) is 17.7 Å². The molecule has 0 aromatic heterocycles. The van der Waals surface area contributed by atoms with E-state index in [9.17, 15) is 0 Å². The summed E-state index contributed by atoms with van der Waals surface area (Å²) >= 11 is 5.69. The standard InChI is InChI=1S/C11H6ClN3/c12-10-3-1-8(2-4-10)11(7-15)9(5-13)6-14/h1-4,9,11H. The molecule has 1 rings (SSSR count). The van der Waals surface area contributed by atoms with Gasteiger partial charge in [-0.25, -0.2) is 0 Å². The second-order valence-corrected chi connectivity index (χ2v) is 3.33. The zero-order valence-electron chi connectivity index (χ0n) is 7.68. The summed E-state index contributed by atoms with van der Waals surface area (Å²) in [6.45, 7) is 0. The van der Waals surface area contributed by atoms with Crippen LogP contribution in [0, 0.1) is 39.9 Å². The quantitative estimate of drug-likeness (QED) is 0.761. The molecule has 0 fully saturated rings. The molecule has 0 N–H and O–H groups in total. The second kappa shape index (κ2) is 5.01. The predicted molar refractivity (Wildman–Crippen MR) is 54.5 cm³/mol. The summed E-state index contributed by atoms with van der Waals surface area (Å²) in [7, 11) is 0. The Bertz CT molecular complexity index is 445. The highest BCUT2D eigenvalue weighted by Gasteiger charge is 2.22. The Morgan fingerprint density at radius 3 is 1.87 bits per heavy atom. The van der Waals surface area contributed by atoms with Crippen molar-refractivity contribution in [1.29, 1.82) is 15.8 Å². The summed E-state index contributed by atoms with van der Waals surface area (Å²) in [6.07, 6.45) is 0. The lowest BCUT2D eigenvalue weighted by Crippen LogP contribution is -2.07. The van der Waals surface area contributed by atoms with Crippen LogP contribution < -0.4 is 0 Å². The fourth-order valence-electron chi connectivity index (χ4n) is 1.19. The van der Waals surface area contributed by atoms with Gasteiger partial charge in [0, 0.05) is 5.02 Å². The van der Waals surface area contributed by atoms with Crippen LogP contribution in [0.15, 0.2) is 24.3 Å². The Hall–Kier alpha value is -2.02. The molecule has 0 saturated heterocycles. The van der Waals surface area contributed by atoms with Crippen LogP contribution in [-0.2, 0) is 0 Å².